The second-order valence-electron chi connectivity index (χ2n) is 4.17. The lowest BCUT2D eigenvalue weighted by Crippen LogP contribution is -2.16. The van der Waals surface area contributed by atoms with Crippen LogP contribution in [-0.4, -0.2) is 0 Å². The summed E-state index contributed by atoms with van der Waals surface area (Å²) in [5.74, 6) is -1.10. The Morgan fingerprint density at radius 2 is 1.53 bits per heavy atom. The Morgan fingerprint density at radius 3 is 2.21 bits per heavy atom. The molecule has 2 aromatic carbocycles. The van der Waals surface area contributed by atoms with E-state index in [1.807, 2.05) is 0 Å². The van der Waals surface area contributed by atoms with Gasteiger partial charge >= 0.3 is 0 Å². The molecule has 100 valence electrons. The zero-order valence-electron chi connectivity index (χ0n) is 9.84. The van der Waals surface area contributed by atoms with Crippen LogP contribution in [0.5, 0.6) is 0 Å². The first kappa shape index (κ1) is 14.3. The normalized spacial score (nSPS) is 12.5. The predicted molar refractivity (Wildman–Crippen MR) is 73.5 cm³/mol. The highest BCUT2D eigenvalue weighted by Gasteiger charge is 2.16. The zero-order valence-corrected chi connectivity index (χ0v) is 11.3. The van der Waals surface area contributed by atoms with Gasteiger partial charge in [0.05, 0.1) is 10.0 Å². The topological polar surface area (TPSA) is 26.0 Å². The van der Waals surface area contributed by atoms with Crippen molar-refractivity contribution in [1.82, 2.24) is 0 Å². The fourth-order valence-electron chi connectivity index (χ4n) is 1.86. The Bertz CT molecular complexity index is 602. The molecule has 0 aliphatic carbocycles. The standard InChI is InChI=1S/C14H11Cl2F2N/c15-10-5-1-3-8(13(10)17)7-12(19)9-4-2-6-11(16)14(9)18/h1-6,12H,7,19H2. The first-order chi connectivity index (χ1) is 9.00. The van der Waals surface area contributed by atoms with Crippen LogP contribution in [0.25, 0.3) is 0 Å². The SMILES string of the molecule is NC(Cc1cccc(Cl)c1F)c1cccc(Cl)c1F. The average molecular weight is 302 g/mol. The van der Waals surface area contributed by atoms with Crippen molar-refractivity contribution in [3.63, 3.8) is 0 Å². The largest absolute Gasteiger partial charge is 0.324 e. The van der Waals surface area contributed by atoms with Gasteiger partial charge in [0.2, 0.25) is 0 Å². The molecule has 0 radical (unpaired) electrons. The molecule has 2 rings (SSSR count). The third kappa shape index (κ3) is 3.06. The summed E-state index contributed by atoms with van der Waals surface area (Å²) in [5.41, 5.74) is 6.51. The van der Waals surface area contributed by atoms with Crippen molar-refractivity contribution in [2.24, 2.45) is 5.73 Å². The smallest absolute Gasteiger partial charge is 0.146 e. The Balaban J connectivity index is 2.28. The van der Waals surface area contributed by atoms with Crippen LogP contribution in [0.15, 0.2) is 36.4 Å². The highest BCUT2D eigenvalue weighted by atomic mass is 35.5. The van der Waals surface area contributed by atoms with Crippen LogP contribution in [0.2, 0.25) is 10.0 Å². The molecular weight excluding hydrogens is 291 g/mol. The molecule has 0 amide bonds. The van der Waals surface area contributed by atoms with Crippen LogP contribution in [0, 0.1) is 11.6 Å². The van der Waals surface area contributed by atoms with Gasteiger partial charge in [-0.1, -0.05) is 47.5 Å². The second kappa shape index (κ2) is 5.87. The molecule has 5 heteroatoms. The van der Waals surface area contributed by atoms with E-state index >= 15 is 0 Å². The van der Waals surface area contributed by atoms with Crippen molar-refractivity contribution in [3.8, 4) is 0 Å². The van der Waals surface area contributed by atoms with E-state index in [4.69, 9.17) is 28.9 Å². The molecule has 0 saturated heterocycles. The van der Waals surface area contributed by atoms with E-state index in [9.17, 15) is 8.78 Å². The molecule has 1 nitrogen and oxygen atoms in total. The molecule has 1 atom stereocenters. The highest BCUT2D eigenvalue weighted by Crippen LogP contribution is 2.26. The summed E-state index contributed by atoms with van der Waals surface area (Å²) in [6, 6.07) is 8.54. The first-order valence-electron chi connectivity index (χ1n) is 5.63. The molecule has 1 unspecified atom stereocenters. The molecular formula is C14H11Cl2F2N. The van der Waals surface area contributed by atoms with E-state index in [2.05, 4.69) is 0 Å². The first-order valence-corrected chi connectivity index (χ1v) is 6.38. The molecule has 0 aliphatic rings. The third-order valence-electron chi connectivity index (χ3n) is 2.85. The summed E-state index contributed by atoms with van der Waals surface area (Å²) < 4.78 is 27.6. The maximum atomic E-state index is 13.8. The molecule has 0 bridgehead atoms. The van der Waals surface area contributed by atoms with Gasteiger partial charge in [0, 0.05) is 11.6 Å². The quantitative estimate of drug-likeness (QED) is 0.886. The van der Waals surface area contributed by atoms with Gasteiger partial charge in [0.15, 0.2) is 0 Å². The summed E-state index contributed by atoms with van der Waals surface area (Å²) in [6.45, 7) is 0. The van der Waals surface area contributed by atoms with Crippen LogP contribution in [0.4, 0.5) is 8.78 Å². The minimum atomic E-state index is -0.688. The second-order valence-corrected chi connectivity index (χ2v) is 4.98. The van der Waals surface area contributed by atoms with Gasteiger partial charge in [-0.3, -0.25) is 0 Å². The lowest BCUT2D eigenvalue weighted by molar-refractivity contribution is 0.564. The number of nitrogens with two attached hydrogens (primary N) is 1. The van der Waals surface area contributed by atoms with E-state index in [0.717, 1.165) is 0 Å². The molecule has 2 aromatic rings. The maximum absolute atomic E-state index is 13.8. The van der Waals surface area contributed by atoms with Gasteiger partial charge in [0.25, 0.3) is 0 Å². The summed E-state index contributed by atoms with van der Waals surface area (Å²) in [4.78, 5) is 0. The van der Waals surface area contributed by atoms with Gasteiger partial charge < -0.3 is 5.73 Å². The van der Waals surface area contributed by atoms with E-state index in [1.165, 1.54) is 18.2 Å². The summed E-state index contributed by atoms with van der Waals surface area (Å²) >= 11 is 11.4. The fraction of sp³-hybridized carbons (Fsp3) is 0.143. The van der Waals surface area contributed by atoms with Crippen molar-refractivity contribution >= 4 is 23.2 Å². The molecule has 0 aliphatic heterocycles. The summed E-state index contributed by atoms with van der Waals surface area (Å²) in [7, 11) is 0. The van der Waals surface area contributed by atoms with Crippen LogP contribution in [0.1, 0.15) is 17.2 Å². The van der Waals surface area contributed by atoms with Crippen molar-refractivity contribution < 1.29 is 8.78 Å². The lowest BCUT2D eigenvalue weighted by atomic mass is 9.99. The molecule has 0 fully saturated rings. The Kier molecular flexibility index (Phi) is 4.40. The number of hydrogen-bond donors (Lipinski definition) is 1. The van der Waals surface area contributed by atoms with Gasteiger partial charge in [-0.2, -0.15) is 0 Å². The summed E-state index contributed by atoms with van der Waals surface area (Å²) in [5, 5.41) is 0.0239. The van der Waals surface area contributed by atoms with Crippen molar-refractivity contribution in [2.45, 2.75) is 12.5 Å². The van der Waals surface area contributed by atoms with Crippen LogP contribution < -0.4 is 5.73 Å². The number of halogens is 4. The Hall–Kier alpha value is -1.16. The monoisotopic (exact) mass is 301 g/mol. The molecule has 0 heterocycles. The molecule has 0 aromatic heterocycles. The Morgan fingerprint density at radius 1 is 0.947 bits per heavy atom. The minimum absolute atomic E-state index is 0.000448. The average Bonchev–Trinajstić information content (AvgIpc) is 2.38. The molecule has 0 saturated carbocycles. The van der Waals surface area contributed by atoms with Crippen molar-refractivity contribution in [2.75, 3.05) is 0 Å². The van der Waals surface area contributed by atoms with Gasteiger partial charge in [-0.15, -0.1) is 0 Å². The Labute approximate surface area is 119 Å². The zero-order chi connectivity index (χ0) is 14.0. The van der Waals surface area contributed by atoms with Crippen molar-refractivity contribution in [1.29, 1.82) is 0 Å². The maximum Gasteiger partial charge on any atom is 0.146 e. The molecule has 2 N–H and O–H groups in total. The summed E-state index contributed by atoms with van der Waals surface area (Å²) in [6.07, 6.45) is 0.143. The number of hydrogen-bond acceptors (Lipinski definition) is 1. The molecule has 0 spiro atoms. The van der Waals surface area contributed by atoms with Gasteiger partial charge in [-0.05, 0) is 24.1 Å². The van der Waals surface area contributed by atoms with E-state index in [1.54, 1.807) is 18.2 Å². The number of rotatable bonds is 3. The van der Waals surface area contributed by atoms with Gasteiger partial charge in [-0.25, -0.2) is 8.78 Å². The number of benzene rings is 2. The lowest BCUT2D eigenvalue weighted by Gasteiger charge is -2.14. The fourth-order valence-corrected chi connectivity index (χ4v) is 2.24. The van der Waals surface area contributed by atoms with Gasteiger partial charge in [0.1, 0.15) is 11.6 Å². The van der Waals surface area contributed by atoms with Crippen LogP contribution >= 0.6 is 23.2 Å². The van der Waals surface area contributed by atoms with E-state index < -0.39 is 17.7 Å². The highest BCUT2D eigenvalue weighted by molar-refractivity contribution is 6.31. The predicted octanol–water partition coefficient (Wildman–Crippen LogP) is 4.51. The minimum Gasteiger partial charge on any atom is -0.324 e. The van der Waals surface area contributed by atoms with Crippen LogP contribution in [0.3, 0.4) is 0 Å². The molecule has 19 heavy (non-hydrogen) atoms. The third-order valence-corrected chi connectivity index (χ3v) is 3.44. The van der Waals surface area contributed by atoms with E-state index in [-0.39, 0.29) is 22.0 Å². The van der Waals surface area contributed by atoms with Crippen LogP contribution in [-0.2, 0) is 6.42 Å². The van der Waals surface area contributed by atoms with E-state index in [0.29, 0.717) is 5.56 Å². The van der Waals surface area contributed by atoms with Crippen molar-refractivity contribution in [3.05, 3.63) is 69.2 Å².